The van der Waals surface area contributed by atoms with Gasteiger partial charge in [-0.2, -0.15) is 0 Å². The molecule has 0 aromatic heterocycles. The quantitative estimate of drug-likeness (QED) is 0.416. The Kier molecular flexibility index (Phi) is 7.20. The highest BCUT2D eigenvalue weighted by Gasteiger charge is 2.43. The van der Waals surface area contributed by atoms with Crippen LogP contribution in [0.4, 0.5) is 0 Å². The van der Waals surface area contributed by atoms with Crippen molar-refractivity contribution in [3.8, 4) is 11.5 Å². The summed E-state index contributed by atoms with van der Waals surface area (Å²) in [6.45, 7) is 5.56. The number of halogens is 1. The number of allylic oxidation sites excluding steroid dienone is 4. The molecule has 3 aliphatic rings. The zero-order chi connectivity index (χ0) is 25.2. The van der Waals surface area contributed by atoms with E-state index in [4.69, 9.17) is 21.1 Å². The molecule has 188 valence electrons. The van der Waals surface area contributed by atoms with E-state index < -0.39 is 5.92 Å². The van der Waals surface area contributed by atoms with E-state index in [0.29, 0.717) is 42.6 Å². The number of Topliss-reactive ketones (excluding diaryl/α,β-unsaturated/α-hetero) is 2. The molecule has 2 aromatic carbocycles. The van der Waals surface area contributed by atoms with E-state index in [-0.39, 0.29) is 11.6 Å². The maximum Gasteiger partial charge on any atom is 0.180 e. The van der Waals surface area contributed by atoms with Crippen LogP contribution in [0.1, 0.15) is 69.4 Å². The highest BCUT2D eigenvalue weighted by Crippen LogP contribution is 2.51. The number of rotatable bonds is 7. The molecule has 0 amide bonds. The molecule has 0 spiro atoms. The van der Waals surface area contributed by atoms with Crippen molar-refractivity contribution in [3.63, 3.8) is 0 Å². The first kappa shape index (κ1) is 24.6. The average Bonchev–Trinajstić information content (AvgIpc) is 2.88. The number of carbonyl (C=O) groups is 2. The Morgan fingerprint density at radius 1 is 0.889 bits per heavy atom. The van der Waals surface area contributed by atoms with Crippen LogP contribution in [0.5, 0.6) is 11.5 Å². The molecule has 6 heteroatoms. The first-order chi connectivity index (χ1) is 17.5. The number of ketones is 2. The standard InChI is InChI=1S/C30H32ClNO4/c1-3-32-22-12-8-14-24(33)28(22)27(29-23(32)13-9-15-25(29)34)20-16-21(31)30(26(17-20)35-4-2)36-18-19-10-6-5-7-11-19/h5-7,10-11,16-17,27H,3-4,8-9,12-15,18H2,1-2H3. The van der Waals surface area contributed by atoms with E-state index in [0.717, 1.165) is 65.9 Å². The molecule has 1 aliphatic heterocycles. The van der Waals surface area contributed by atoms with Crippen LogP contribution in [-0.4, -0.2) is 29.6 Å². The highest BCUT2D eigenvalue weighted by atomic mass is 35.5. The van der Waals surface area contributed by atoms with Crippen LogP contribution in [-0.2, 0) is 16.2 Å². The van der Waals surface area contributed by atoms with Gasteiger partial charge < -0.3 is 14.4 Å². The molecule has 1 heterocycles. The van der Waals surface area contributed by atoms with Crippen LogP contribution in [0.25, 0.3) is 0 Å². The molecule has 0 unspecified atom stereocenters. The first-order valence-corrected chi connectivity index (χ1v) is 13.3. The summed E-state index contributed by atoms with van der Waals surface area (Å²) in [6, 6.07) is 13.7. The Morgan fingerprint density at radius 2 is 1.53 bits per heavy atom. The number of ether oxygens (including phenoxy) is 2. The van der Waals surface area contributed by atoms with Gasteiger partial charge in [-0.25, -0.2) is 0 Å². The molecule has 0 fully saturated rings. The van der Waals surface area contributed by atoms with Gasteiger partial charge in [0.15, 0.2) is 23.1 Å². The SMILES string of the molecule is CCOc1cc(C2C3=C(CCCC3=O)N(CC)C3=C2C(=O)CCC3)cc(Cl)c1OCc1ccccc1. The van der Waals surface area contributed by atoms with Crippen molar-refractivity contribution in [2.75, 3.05) is 13.2 Å². The Labute approximate surface area is 217 Å². The largest absolute Gasteiger partial charge is 0.490 e. The second kappa shape index (κ2) is 10.5. The third-order valence-corrected chi connectivity index (χ3v) is 7.57. The van der Waals surface area contributed by atoms with Gasteiger partial charge in [0, 0.05) is 47.8 Å². The molecule has 0 radical (unpaired) electrons. The summed E-state index contributed by atoms with van der Waals surface area (Å²) in [5.41, 5.74) is 5.51. The number of nitrogens with zero attached hydrogens (tertiary/aromatic N) is 1. The van der Waals surface area contributed by atoms with Gasteiger partial charge in [0.25, 0.3) is 0 Å². The molecule has 5 nitrogen and oxygen atoms in total. The molecule has 0 N–H and O–H groups in total. The van der Waals surface area contributed by atoms with Crippen molar-refractivity contribution in [2.24, 2.45) is 0 Å². The van der Waals surface area contributed by atoms with E-state index >= 15 is 0 Å². The van der Waals surface area contributed by atoms with Crippen molar-refractivity contribution >= 4 is 23.2 Å². The fourth-order valence-corrected chi connectivity index (χ4v) is 6.09. The minimum Gasteiger partial charge on any atom is -0.490 e. The Balaban J connectivity index is 1.62. The summed E-state index contributed by atoms with van der Waals surface area (Å²) < 4.78 is 12.1. The van der Waals surface area contributed by atoms with Crippen molar-refractivity contribution in [1.82, 2.24) is 4.90 Å². The maximum absolute atomic E-state index is 13.4. The molecule has 5 rings (SSSR count). The van der Waals surface area contributed by atoms with Crippen LogP contribution in [0.3, 0.4) is 0 Å². The number of carbonyl (C=O) groups excluding carboxylic acids is 2. The Morgan fingerprint density at radius 3 is 2.11 bits per heavy atom. The normalized spacial score (nSPS) is 18.4. The third kappa shape index (κ3) is 4.45. The van der Waals surface area contributed by atoms with E-state index in [9.17, 15) is 9.59 Å². The molecule has 0 bridgehead atoms. The van der Waals surface area contributed by atoms with Crippen LogP contribution in [0, 0.1) is 0 Å². The van der Waals surface area contributed by atoms with Gasteiger partial charge in [-0.05, 0) is 62.8 Å². The lowest BCUT2D eigenvalue weighted by Gasteiger charge is -2.43. The summed E-state index contributed by atoms with van der Waals surface area (Å²) in [5.74, 6) is 0.847. The lowest BCUT2D eigenvalue weighted by atomic mass is 9.71. The summed E-state index contributed by atoms with van der Waals surface area (Å²) >= 11 is 6.82. The smallest absolute Gasteiger partial charge is 0.180 e. The van der Waals surface area contributed by atoms with Gasteiger partial charge in [-0.3, -0.25) is 9.59 Å². The number of hydrogen-bond acceptors (Lipinski definition) is 5. The molecule has 2 aromatic rings. The van der Waals surface area contributed by atoms with Gasteiger partial charge in [-0.15, -0.1) is 0 Å². The zero-order valence-electron chi connectivity index (χ0n) is 20.9. The highest BCUT2D eigenvalue weighted by molar-refractivity contribution is 6.32. The summed E-state index contributed by atoms with van der Waals surface area (Å²) in [4.78, 5) is 29.0. The van der Waals surface area contributed by atoms with Crippen LogP contribution >= 0.6 is 11.6 Å². The second-order valence-electron chi connectivity index (χ2n) is 9.49. The molecular weight excluding hydrogens is 474 g/mol. The summed E-state index contributed by atoms with van der Waals surface area (Å²) in [5, 5.41) is 0.417. The van der Waals surface area contributed by atoms with Crippen LogP contribution in [0.15, 0.2) is 65.0 Å². The third-order valence-electron chi connectivity index (χ3n) is 7.29. The Hall–Kier alpha value is -3.05. The lowest BCUT2D eigenvalue weighted by molar-refractivity contribution is -0.117. The number of benzene rings is 2. The summed E-state index contributed by atoms with van der Waals surface area (Å²) in [6.07, 6.45) is 4.40. The average molecular weight is 506 g/mol. The fraction of sp³-hybridized carbons (Fsp3) is 0.400. The molecule has 0 atom stereocenters. The van der Waals surface area contributed by atoms with Crippen LogP contribution < -0.4 is 9.47 Å². The van der Waals surface area contributed by atoms with E-state index in [2.05, 4.69) is 11.8 Å². The summed E-state index contributed by atoms with van der Waals surface area (Å²) in [7, 11) is 0. The van der Waals surface area contributed by atoms with E-state index in [1.54, 1.807) is 0 Å². The fourth-order valence-electron chi connectivity index (χ4n) is 5.82. The molecule has 0 saturated heterocycles. The first-order valence-electron chi connectivity index (χ1n) is 13.0. The van der Waals surface area contributed by atoms with Crippen molar-refractivity contribution in [2.45, 2.75) is 64.9 Å². The molecule has 0 saturated carbocycles. The van der Waals surface area contributed by atoms with Gasteiger partial charge in [-0.1, -0.05) is 41.9 Å². The lowest BCUT2D eigenvalue weighted by Crippen LogP contribution is -2.39. The molecular formula is C30H32ClNO4. The zero-order valence-corrected chi connectivity index (χ0v) is 21.7. The van der Waals surface area contributed by atoms with Crippen molar-refractivity contribution in [1.29, 1.82) is 0 Å². The second-order valence-corrected chi connectivity index (χ2v) is 9.90. The van der Waals surface area contributed by atoms with Gasteiger partial charge in [0.05, 0.1) is 11.6 Å². The monoisotopic (exact) mass is 505 g/mol. The van der Waals surface area contributed by atoms with Gasteiger partial charge in [0.2, 0.25) is 0 Å². The minimum atomic E-state index is -0.418. The maximum atomic E-state index is 13.4. The van der Waals surface area contributed by atoms with Crippen LogP contribution in [0.2, 0.25) is 5.02 Å². The molecule has 36 heavy (non-hydrogen) atoms. The molecule has 2 aliphatic carbocycles. The Bertz CT molecular complexity index is 1200. The topological polar surface area (TPSA) is 55.8 Å². The predicted octanol–water partition coefficient (Wildman–Crippen LogP) is 6.75. The minimum absolute atomic E-state index is 0.128. The van der Waals surface area contributed by atoms with E-state index in [1.165, 1.54) is 0 Å². The van der Waals surface area contributed by atoms with E-state index in [1.807, 2.05) is 49.4 Å². The van der Waals surface area contributed by atoms with Crippen molar-refractivity contribution in [3.05, 3.63) is 81.2 Å². The predicted molar refractivity (Wildman–Crippen MR) is 140 cm³/mol. The number of hydrogen-bond donors (Lipinski definition) is 0. The van der Waals surface area contributed by atoms with Gasteiger partial charge >= 0.3 is 0 Å². The van der Waals surface area contributed by atoms with Crippen molar-refractivity contribution < 1.29 is 19.1 Å². The van der Waals surface area contributed by atoms with Gasteiger partial charge in [0.1, 0.15) is 6.61 Å².